The number of amides is 1. The van der Waals surface area contributed by atoms with Crippen LogP contribution in [-0.4, -0.2) is 80.4 Å². The summed E-state index contributed by atoms with van der Waals surface area (Å²) >= 11 is 6.80. The van der Waals surface area contributed by atoms with Crippen LogP contribution >= 0.6 is 24.0 Å². The van der Waals surface area contributed by atoms with Crippen molar-refractivity contribution in [1.82, 2.24) is 19.2 Å². The van der Waals surface area contributed by atoms with Gasteiger partial charge in [0.15, 0.2) is 0 Å². The zero-order valence-electron chi connectivity index (χ0n) is 21.4. The lowest BCUT2D eigenvalue weighted by molar-refractivity contribution is -0.122. The SMILES string of the molecule is Cc1cccn2c(=O)c(C=C3SC(=S)N(CCCc4ccccc4)C3=O)c(N3CCN(CCO)CC3)nc12. The molecular weight excluding hydrogens is 518 g/mol. The van der Waals surface area contributed by atoms with Crippen LogP contribution in [0.5, 0.6) is 0 Å². The van der Waals surface area contributed by atoms with Crippen molar-refractivity contribution in [3.05, 3.63) is 80.6 Å². The minimum atomic E-state index is -0.208. The number of thiocarbonyl (C=S) groups is 1. The molecule has 2 aliphatic heterocycles. The molecule has 0 saturated carbocycles. The van der Waals surface area contributed by atoms with Crippen molar-refractivity contribution in [3.8, 4) is 0 Å². The number of hydrogen-bond donors (Lipinski definition) is 1. The summed E-state index contributed by atoms with van der Waals surface area (Å²) in [6.07, 6.45) is 5.05. The number of anilines is 1. The third-order valence-electron chi connectivity index (χ3n) is 6.99. The predicted molar refractivity (Wildman–Crippen MR) is 157 cm³/mol. The Bertz CT molecular complexity index is 1430. The van der Waals surface area contributed by atoms with Crippen LogP contribution < -0.4 is 10.5 Å². The highest BCUT2D eigenvalue weighted by atomic mass is 32.2. The van der Waals surface area contributed by atoms with Crippen LogP contribution in [0.2, 0.25) is 0 Å². The van der Waals surface area contributed by atoms with Gasteiger partial charge in [-0.15, -0.1) is 0 Å². The molecule has 0 unspecified atom stereocenters. The Morgan fingerprint density at radius 1 is 1.05 bits per heavy atom. The molecule has 0 bridgehead atoms. The van der Waals surface area contributed by atoms with E-state index in [-0.39, 0.29) is 18.1 Å². The summed E-state index contributed by atoms with van der Waals surface area (Å²) in [6.45, 7) is 6.09. The van der Waals surface area contributed by atoms with Gasteiger partial charge in [0, 0.05) is 45.5 Å². The number of thioether (sulfide) groups is 1. The van der Waals surface area contributed by atoms with E-state index in [1.807, 2.05) is 37.3 Å². The van der Waals surface area contributed by atoms with E-state index in [9.17, 15) is 14.7 Å². The molecule has 1 aromatic carbocycles. The van der Waals surface area contributed by atoms with E-state index >= 15 is 0 Å². The van der Waals surface area contributed by atoms with Crippen molar-refractivity contribution in [2.45, 2.75) is 19.8 Å². The molecule has 2 saturated heterocycles. The number of nitrogens with zero attached hydrogens (tertiary/aromatic N) is 5. The van der Waals surface area contributed by atoms with Crippen LogP contribution in [0.1, 0.15) is 23.1 Å². The first-order valence-electron chi connectivity index (χ1n) is 12.9. The molecule has 198 valence electrons. The second-order valence-corrected chi connectivity index (χ2v) is 11.2. The lowest BCUT2D eigenvalue weighted by Crippen LogP contribution is -2.48. The molecule has 1 N–H and O–H groups in total. The smallest absolute Gasteiger partial charge is 0.267 e. The molecule has 0 atom stereocenters. The van der Waals surface area contributed by atoms with Crippen LogP contribution in [0.4, 0.5) is 5.82 Å². The first kappa shape index (κ1) is 26.6. The van der Waals surface area contributed by atoms with Crippen LogP contribution in [0.25, 0.3) is 11.7 Å². The summed E-state index contributed by atoms with van der Waals surface area (Å²) in [5.41, 5.74) is 2.93. The van der Waals surface area contributed by atoms with Crippen molar-refractivity contribution >= 4 is 51.7 Å². The zero-order chi connectivity index (χ0) is 26.6. The summed E-state index contributed by atoms with van der Waals surface area (Å²) < 4.78 is 2.06. The Morgan fingerprint density at radius 3 is 2.55 bits per heavy atom. The molecule has 38 heavy (non-hydrogen) atoms. The third kappa shape index (κ3) is 5.54. The number of aliphatic hydroxyl groups is 1. The highest BCUT2D eigenvalue weighted by Gasteiger charge is 2.33. The fourth-order valence-corrected chi connectivity index (χ4v) is 6.19. The van der Waals surface area contributed by atoms with Gasteiger partial charge in [-0.2, -0.15) is 0 Å². The first-order chi connectivity index (χ1) is 18.5. The van der Waals surface area contributed by atoms with Crippen LogP contribution in [-0.2, 0) is 11.2 Å². The average Bonchev–Trinajstić information content (AvgIpc) is 3.19. The lowest BCUT2D eigenvalue weighted by Gasteiger charge is -2.35. The molecule has 8 nitrogen and oxygen atoms in total. The van der Waals surface area contributed by atoms with Gasteiger partial charge in [-0.1, -0.05) is 60.4 Å². The number of rotatable bonds is 8. The number of piperazine rings is 1. The Hall–Kier alpha value is -3.05. The normalized spacial score (nSPS) is 17.8. The molecule has 2 aliphatic rings. The Labute approximate surface area is 231 Å². The van der Waals surface area contributed by atoms with E-state index in [1.165, 1.54) is 17.3 Å². The Morgan fingerprint density at radius 2 is 1.82 bits per heavy atom. The van der Waals surface area contributed by atoms with Gasteiger partial charge in [0.05, 0.1) is 17.1 Å². The van der Waals surface area contributed by atoms with E-state index < -0.39 is 0 Å². The second kappa shape index (κ2) is 11.8. The number of carbonyl (C=O) groups is 1. The van der Waals surface area contributed by atoms with Gasteiger partial charge in [-0.3, -0.25) is 23.8 Å². The molecule has 0 spiro atoms. The number of aromatic nitrogens is 2. The highest BCUT2D eigenvalue weighted by Crippen LogP contribution is 2.34. The van der Waals surface area contributed by atoms with Crippen molar-refractivity contribution in [2.24, 2.45) is 0 Å². The third-order valence-corrected chi connectivity index (χ3v) is 8.37. The van der Waals surface area contributed by atoms with Gasteiger partial charge in [0.25, 0.3) is 11.5 Å². The minimum absolute atomic E-state index is 0.118. The molecule has 2 aromatic heterocycles. The van der Waals surface area contributed by atoms with E-state index in [4.69, 9.17) is 17.2 Å². The molecule has 1 amide bonds. The van der Waals surface area contributed by atoms with Crippen LogP contribution in [0, 0.1) is 6.92 Å². The van der Waals surface area contributed by atoms with Crippen molar-refractivity contribution < 1.29 is 9.90 Å². The van der Waals surface area contributed by atoms with E-state index in [0.717, 1.165) is 31.5 Å². The van der Waals surface area contributed by atoms with Crippen molar-refractivity contribution in [2.75, 3.05) is 50.8 Å². The number of carbonyl (C=O) groups excluding carboxylic acids is 1. The number of aliphatic hydroxyl groups excluding tert-OH is 1. The predicted octanol–water partition coefficient (Wildman–Crippen LogP) is 2.95. The van der Waals surface area contributed by atoms with Gasteiger partial charge < -0.3 is 10.0 Å². The summed E-state index contributed by atoms with van der Waals surface area (Å²) in [7, 11) is 0. The largest absolute Gasteiger partial charge is 0.395 e. The number of aryl methyl sites for hydroxylation is 2. The molecule has 0 radical (unpaired) electrons. The average molecular weight is 550 g/mol. The quantitative estimate of drug-likeness (QED) is 0.339. The van der Waals surface area contributed by atoms with Gasteiger partial charge in [-0.05, 0) is 43.0 Å². The number of fused-ring (bicyclic) bond motifs is 1. The lowest BCUT2D eigenvalue weighted by atomic mass is 10.1. The maximum absolute atomic E-state index is 13.7. The summed E-state index contributed by atoms with van der Waals surface area (Å²) in [5.74, 6) is 0.419. The topological polar surface area (TPSA) is 81.4 Å². The minimum Gasteiger partial charge on any atom is -0.395 e. The number of benzene rings is 1. The number of pyridine rings is 1. The van der Waals surface area contributed by atoms with Crippen molar-refractivity contribution in [3.63, 3.8) is 0 Å². The molecule has 0 aliphatic carbocycles. The number of hydrogen-bond acceptors (Lipinski definition) is 8. The Kier molecular flexibility index (Phi) is 8.23. The summed E-state index contributed by atoms with van der Waals surface area (Å²) in [6, 6.07) is 13.9. The maximum Gasteiger partial charge on any atom is 0.267 e. The molecule has 4 heterocycles. The van der Waals surface area contributed by atoms with Crippen LogP contribution in [0.15, 0.2) is 58.4 Å². The second-order valence-electron chi connectivity index (χ2n) is 9.51. The van der Waals surface area contributed by atoms with Gasteiger partial charge in [-0.25, -0.2) is 4.98 Å². The van der Waals surface area contributed by atoms with Gasteiger partial charge in [0.2, 0.25) is 0 Å². The summed E-state index contributed by atoms with van der Waals surface area (Å²) in [4.78, 5) is 38.4. The van der Waals surface area contributed by atoms with Gasteiger partial charge >= 0.3 is 0 Å². The monoisotopic (exact) mass is 549 g/mol. The fourth-order valence-electron chi connectivity index (χ4n) is 4.90. The molecular formula is C28H31N5O3S2. The Balaban J connectivity index is 1.44. The molecule has 10 heteroatoms. The molecule has 2 fully saturated rings. The van der Waals surface area contributed by atoms with E-state index in [0.29, 0.717) is 52.4 Å². The fraction of sp³-hybridized carbons (Fsp3) is 0.357. The highest BCUT2D eigenvalue weighted by molar-refractivity contribution is 8.26. The van der Waals surface area contributed by atoms with Gasteiger partial charge in [0.1, 0.15) is 15.8 Å². The molecule has 5 rings (SSSR count). The van der Waals surface area contributed by atoms with E-state index in [1.54, 1.807) is 21.6 Å². The maximum atomic E-state index is 13.7. The standard InChI is InChI=1S/C28H31N5O3S2/c1-20-7-5-11-32-24(20)29-25(31-15-13-30(14-16-31)17-18-34)22(26(32)35)19-23-27(36)33(28(37)38-23)12-6-10-21-8-3-2-4-9-21/h2-5,7-9,11,19,34H,6,10,12-18H2,1H3. The molecule has 3 aromatic rings. The van der Waals surface area contributed by atoms with Crippen LogP contribution in [0.3, 0.4) is 0 Å². The van der Waals surface area contributed by atoms with E-state index in [2.05, 4.69) is 21.9 Å². The summed E-state index contributed by atoms with van der Waals surface area (Å²) in [5, 5.41) is 9.30. The zero-order valence-corrected chi connectivity index (χ0v) is 23.0. The number of β-amino-alcohol motifs (C(OH)–C–C–N with tert-alkyl or cyclic N) is 1. The first-order valence-corrected chi connectivity index (χ1v) is 14.1. The van der Waals surface area contributed by atoms with Crippen molar-refractivity contribution in [1.29, 1.82) is 0 Å².